The lowest BCUT2D eigenvalue weighted by molar-refractivity contribution is 0.0934. The van der Waals surface area contributed by atoms with Crippen molar-refractivity contribution in [2.24, 2.45) is 0 Å². The molecule has 0 atom stereocenters. The first kappa shape index (κ1) is 17.2. The van der Waals surface area contributed by atoms with Crippen LogP contribution >= 0.6 is 0 Å². The number of ketones is 1. The minimum absolute atomic E-state index is 0.0627. The maximum Gasteiger partial charge on any atom is 0.167 e. The highest BCUT2D eigenvalue weighted by atomic mass is 16.5. The van der Waals surface area contributed by atoms with Gasteiger partial charge in [-0.2, -0.15) is 0 Å². The van der Waals surface area contributed by atoms with Crippen LogP contribution in [0.1, 0.15) is 22.6 Å². The van der Waals surface area contributed by atoms with E-state index in [2.05, 4.69) is 4.98 Å². The maximum absolute atomic E-state index is 12.6. The summed E-state index contributed by atoms with van der Waals surface area (Å²) >= 11 is 0. The van der Waals surface area contributed by atoms with E-state index < -0.39 is 0 Å². The number of fused-ring (bicyclic) bond motifs is 1. The molecule has 0 bridgehead atoms. The molecule has 0 amide bonds. The Hall–Kier alpha value is -3.25. The number of methoxy groups -OCH3 is 1. The Labute approximate surface area is 157 Å². The monoisotopic (exact) mass is 360 g/mol. The molecule has 0 aliphatic rings. The van der Waals surface area contributed by atoms with Gasteiger partial charge in [0.05, 0.1) is 17.8 Å². The number of aryl methyl sites for hydroxylation is 1. The van der Waals surface area contributed by atoms with E-state index in [-0.39, 0.29) is 5.78 Å². The van der Waals surface area contributed by atoms with Crippen LogP contribution in [0, 0.1) is 6.92 Å². The molecule has 0 N–H and O–H groups in total. The van der Waals surface area contributed by atoms with Gasteiger partial charge in [-0.3, -0.25) is 9.36 Å². The Kier molecular flexibility index (Phi) is 4.56. The second-order valence-corrected chi connectivity index (χ2v) is 6.30. The second-order valence-electron chi connectivity index (χ2n) is 6.30. The molecule has 6 heteroatoms. The first-order valence-corrected chi connectivity index (χ1v) is 8.79. The highest BCUT2D eigenvalue weighted by molar-refractivity contribution is 6.04. The normalized spacial score (nSPS) is 11.2. The number of nitrogens with zero attached hydrogens (tertiary/aromatic N) is 4. The highest BCUT2D eigenvalue weighted by Gasteiger charge is 2.18. The molecule has 0 radical (unpaired) electrons. The Bertz CT molecular complexity index is 1100. The van der Waals surface area contributed by atoms with E-state index >= 15 is 0 Å². The van der Waals surface area contributed by atoms with Gasteiger partial charge in [-0.25, -0.2) is 9.97 Å². The van der Waals surface area contributed by atoms with Gasteiger partial charge in [-0.1, -0.05) is 12.1 Å². The van der Waals surface area contributed by atoms with Crippen LogP contribution in [0.2, 0.25) is 0 Å². The van der Waals surface area contributed by atoms with Crippen molar-refractivity contribution in [2.45, 2.75) is 13.3 Å². The first-order valence-electron chi connectivity index (χ1n) is 8.79. The number of hydrogen-bond acceptors (Lipinski definition) is 4. The Morgan fingerprint density at radius 3 is 2.81 bits per heavy atom. The quantitative estimate of drug-likeness (QED) is 0.492. The number of pyridine rings is 2. The van der Waals surface area contributed by atoms with Gasteiger partial charge in [-0.05, 0) is 37.3 Å². The Morgan fingerprint density at radius 1 is 1.19 bits per heavy atom. The molecule has 0 saturated heterocycles. The molecule has 27 heavy (non-hydrogen) atoms. The maximum atomic E-state index is 12.6. The molecule has 0 unspecified atom stereocenters. The molecule has 4 rings (SSSR count). The van der Waals surface area contributed by atoms with Gasteiger partial charge in [0.1, 0.15) is 17.3 Å². The smallest absolute Gasteiger partial charge is 0.167 e. The minimum Gasteiger partial charge on any atom is -0.384 e. The van der Waals surface area contributed by atoms with Crippen LogP contribution in [0.5, 0.6) is 0 Å². The van der Waals surface area contributed by atoms with E-state index in [4.69, 9.17) is 9.72 Å². The topological polar surface area (TPSA) is 61.4 Å². The molecule has 0 aliphatic heterocycles. The van der Waals surface area contributed by atoms with Gasteiger partial charge in [0.15, 0.2) is 5.78 Å². The average Bonchev–Trinajstić information content (AvgIpc) is 3.27. The lowest BCUT2D eigenvalue weighted by atomic mass is 10.1. The zero-order valence-corrected chi connectivity index (χ0v) is 15.3. The van der Waals surface area contributed by atoms with Crippen molar-refractivity contribution in [3.8, 4) is 17.2 Å². The summed E-state index contributed by atoms with van der Waals surface area (Å²) in [5, 5.41) is 0. The lowest BCUT2D eigenvalue weighted by Crippen LogP contribution is -2.02. The fraction of sp³-hybridized carbons (Fsp3) is 0.190. The van der Waals surface area contributed by atoms with Gasteiger partial charge < -0.3 is 9.14 Å². The average molecular weight is 360 g/mol. The number of imidazole rings is 1. The van der Waals surface area contributed by atoms with E-state index in [1.807, 2.05) is 70.7 Å². The van der Waals surface area contributed by atoms with Crippen LogP contribution < -0.4 is 0 Å². The zero-order chi connectivity index (χ0) is 18.8. The van der Waals surface area contributed by atoms with Crippen molar-refractivity contribution < 1.29 is 9.53 Å². The van der Waals surface area contributed by atoms with E-state index in [9.17, 15) is 4.79 Å². The van der Waals surface area contributed by atoms with Gasteiger partial charge in [0.2, 0.25) is 0 Å². The summed E-state index contributed by atoms with van der Waals surface area (Å²) in [6.07, 6.45) is 6.02. The zero-order valence-electron chi connectivity index (χ0n) is 15.3. The Morgan fingerprint density at radius 2 is 2.04 bits per heavy atom. The van der Waals surface area contributed by atoms with Crippen molar-refractivity contribution in [3.05, 3.63) is 72.4 Å². The van der Waals surface area contributed by atoms with E-state index in [1.54, 1.807) is 13.3 Å². The van der Waals surface area contributed by atoms with Crippen LogP contribution in [-0.2, 0) is 4.74 Å². The first-order chi connectivity index (χ1) is 13.2. The number of hydrogen-bond donors (Lipinski definition) is 0. The fourth-order valence-corrected chi connectivity index (χ4v) is 3.23. The molecule has 0 aromatic carbocycles. The van der Waals surface area contributed by atoms with Crippen LogP contribution in [0.15, 0.2) is 61.1 Å². The molecule has 0 spiro atoms. The predicted octanol–water partition coefficient (Wildman–Crippen LogP) is 3.71. The molecule has 136 valence electrons. The molecule has 4 aromatic heterocycles. The molecule has 0 saturated carbocycles. The van der Waals surface area contributed by atoms with Gasteiger partial charge >= 0.3 is 0 Å². The van der Waals surface area contributed by atoms with Gasteiger partial charge in [0.25, 0.3) is 0 Å². The number of carbonyl (C=O) groups excluding carboxylic acids is 1. The number of Topliss-reactive ketones (excluding diaryl/α,β-unsaturated/α-hetero) is 1. The summed E-state index contributed by atoms with van der Waals surface area (Å²) in [6, 6.07) is 13.5. The fourth-order valence-electron chi connectivity index (χ4n) is 3.23. The molecule has 6 nitrogen and oxygen atoms in total. The largest absolute Gasteiger partial charge is 0.384 e. The summed E-state index contributed by atoms with van der Waals surface area (Å²) in [5.74, 6) is 1.71. The van der Waals surface area contributed by atoms with E-state index in [0.29, 0.717) is 18.6 Å². The molecular formula is C21H20N4O2. The second kappa shape index (κ2) is 7.17. The third kappa shape index (κ3) is 3.15. The van der Waals surface area contributed by atoms with Crippen LogP contribution in [0.25, 0.3) is 22.7 Å². The highest BCUT2D eigenvalue weighted by Crippen LogP contribution is 2.27. The van der Waals surface area contributed by atoms with Crippen molar-refractivity contribution >= 4 is 11.3 Å². The van der Waals surface area contributed by atoms with Crippen LogP contribution in [-0.4, -0.2) is 38.4 Å². The van der Waals surface area contributed by atoms with Crippen molar-refractivity contribution in [3.63, 3.8) is 0 Å². The number of carbonyl (C=O) groups is 1. The van der Waals surface area contributed by atoms with Crippen molar-refractivity contribution in [2.75, 3.05) is 13.7 Å². The van der Waals surface area contributed by atoms with Crippen molar-refractivity contribution in [1.82, 2.24) is 18.9 Å². The number of aromatic nitrogens is 4. The lowest BCUT2D eigenvalue weighted by Gasteiger charge is -2.01. The summed E-state index contributed by atoms with van der Waals surface area (Å²) in [7, 11) is 1.60. The third-order valence-electron chi connectivity index (χ3n) is 4.55. The standard InChI is InChI=1S/C21H20N4O2/c1-15-23-17(14-25(15)21-8-3-5-10-22-21)19-13-16(20(26)9-12-27-2)18-7-4-6-11-24(18)19/h3-8,10-11,13-14H,9,12H2,1-2H3. The Balaban J connectivity index is 1.82. The van der Waals surface area contributed by atoms with Crippen LogP contribution in [0.3, 0.4) is 0 Å². The SMILES string of the molecule is COCCC(=O)c1cc(-c2cn(-c3ccccn3)c(C)n2)n2ccccc12. The van der Waals surface area contributed by atoms with Gasteiger partial charge in [0, 0.05) is 37.7 Å². The predicted molar refractivity (Wildman–Crippen MR) is 103 cm³/mol. The summed E-state index contributed by atoms with van der Waals surface area (Å²) in [6.45, 7) is 2.35. The molecular weight excluding hydrogens is 340 g/mol. The summed E-state index contributed by atoms with van der Waals surface area (Å²) in [5.41, 5.74) is 3.24. The summed E-state index contributed by atoms with van der Waals surface area (Å²) < 4.78 is 9.01. The van der Waals surface area contributed by atoms with Crippen LogP contribution in [0.4, 0.5) is 0 Å². The third-order valence-corrected chi connectivity index (χ3v) is 4.55. The van der Waals surface area contributed by atoms with Gasteiger partial charge in [-0.15, -0.1) is 0 Å². The number of ether oxygens (including phenoxy) is 1. The van der Waals surface area contributed by atoms with Crippen molar-refractivity contribution in [1.29, 1.82) is 0 Å². The molecule has 4 heterocycles. The number of rotatable bonds is 6. The molecule has 4 aromatic rings. The molecule has 0 aliphatic carbocycles. The van der Waals surface area contributed by atoms with E-state index in [1.165, 1.54) is 0 Å². The molecule has 0 fully saturated rings. The van der Waals surface area contributed by atoms with E-state index in [0.717, 1.165) is 28.5 Å². The summed E-state index contributed by atoms with van der Waals surface area (Å²) in [4.78, 5) is 21.7. The minimum atomic E-state index is 0.0627.